The van der Waals surface area contributed by atoms with E-state index in [2.05, 4.69) is 47.2 Å². The fourth-order valence-corrected chi connectivity index (χ4v) is 4.66. The van der Waals surface area contributed by atoms with Crippen LogP contribution in [0.1, 0.15) is 45.2 Å². The Bertz CT molecular complexity index is 1280. The Morgan fingerprint density at radius 3 is 2.15 bits per heavy atom. The maximum atomic E-state index is 6.32. The van der Waals surface area contributed by atoms with E-state index in [-0.39, 0.29) is 11.6 Å². The van der Waals surface area contributed by atoms with Crippen molar-refractivity contribution in [1.29, 1.82) is 0 Å². The smallest absolute Gasteiger partial charge is 0.164 e. The van der Waals surface area contributed by atoms with Crippen LogP contribution in [0.4, 0.5) is 5.82 Å². The normalized spacial score (nSPS) is 15.6. The number of hydrogen-bond donors (Lipinski definition) is 1. The van der Waals surface area contributed by atoms with Gasteiger partial charge in [0.25, 0.3) is 0 Å². The lowest BCUT2D eigenvalue weighted by atomic mass is 9.98. The number of nitrogens with zero attached hydrogens (tertiary/aromatic N) is 5. The minimum Gasteiger partial charge on any atom is -0.457 e. The number of hydrogen-bond acceptors (Lipinski definition) is 6. The van der Waals surface area contributed by atoms with Crippen LogP contribution in [0.15, 0.2) is 54.9 Å². The molecular weight excluding hydrogens is 424 g/mol. The number of nitrogen functional groups attached to an aromatic ring is 1. The number of piperidine rings is 1. The van der Waals surface area contributed by atoms with Crippen LogP contribution in [-0.2, 0) is 0 Å². The molecular formula is C27H32N6O. The van der Waals surface area contributed by atoms with Crippen molar-refractivity contribution in [3.8, 4) is 22.8 Å². The van der Waals surface area contributed by atoms with Crippen LogP contribution in [0, 0.1) is 6.92 Å². The Hall–Kier alpha value is -3.45. The quantitative estimate of drug-likeness (QED) is 0.430. The molecule has 1 aliphatic rings. The summed E-state index contributed by atoms with van der Waals surface area (Å²) in [5, 5.41) is 5.84. The SMILES string of the molecule is Cc1ccc(Oc2ccc(-c3nn(C4CCN(C(C)(C)C)CC4)c4ncnc(N)c34)cc2)cc1. The molecule has 0 aliphatic carbocycles. The van der Waals surface area contributed by atoms with Crippen molar-refractivity contribution in [2.45, 2.75) is 52.1 Å². The summed E-state index contributed by atoms with van der Waals surface area (Å²) in [5.41, 5.74) is 10.3. The van der Waals surface area contributed by atoms with Crippen molar-refractivity contribution >= 4 is 16.9 Å². The molecule has 0 unspecified atom stereocenters. The highest BCUT2D eigenvalue weighted by Crippen LogP contribution is 2.36. The zero-order chi connectivity index (χ0) is 23.9. The topological polar surface area (TPSA) is 82.1 Å². The van der Waals surface area contributed by atoms with E-state index in [1.807, 2.05) is 48.5 Å². The second-order valence-electron chi connectivity index (χ2n) is 10.1. The third-order valence-corrected chi connectivity index (χ3v) is 6.66. The molecule has 0 amide bonds. The first-order valence-corrected chi connectivity index (χ1v) is 11.9. The molecule has 0 bridgehead atoms. The van der Waals surface area contributed by atoms with Crippen molar-refractivity contribution in [3.63, 3.8) is 0 Å². The van der Waals surface area contributed by atoms with Gasteiger partial charge in [0.05, 0.1) is 11.4 Å². The number of aryl methyl sites for hydroxylation is 1. The van der Waals surface area contributed by atoms with Crippen molar-refractivity contribution in [1.82, 2.24) is 24.6 Å². The monoisotopic (exact) mass is 456 g/mol. The van der Waals surface area contributed by atoms with E-state index in [4.69, 9.17) is 15.6 Å². The van der Waals surface area contributed by atoms with Gasteiger partial charge >= 0.3 is 0 Å². The summed E-state index contributed by atoms with van der Waals surface area (Å²) in [6.45, 7) is 11.0. The summed E-state index contributed by atoms with van der Waals surface area (Å²) < 4.78 is 8.06. The molecule has 176 valence electrons. The molecule has 0 atom stereocenters. The minimum absolute atomic E-state index is 0.178. The first-order valence-electron chi connectivity index (χ1n) is 11.9. The Kier molecular flexibility index (Phi) is 5.73. The summed E-state index contributed by atoms with van der Waals surface area (Å²) >= 11 is 0. The third-order valence-electron chi connectivity index (χ3n) is 6.66. The molecule has 34 heavy (non-hydrogen) atoms. The molecule has 0 radical (unpaired) electrons. The van der Waals surface area contributed by atoms with E-state index in [9.17, 15) is 0 Å². The molecule has 1 saturated heterocycles. The van der Waals surface area contributed by atoms with Crippen molar-refractivity contribution in [2.75, 3.05) is 18.8 Å². The van der Waals surface area contributed by atoms with E-state index >= 15 is 0 Å². The third kappa shape index (κ3) is 4.35. The summed E-state index contributed by atoms with van der Waals surface area (Å²) in [7, 11) is 0. The number of benzene rings is 2. The Balaban J connectivity index is 1.44. The number of ether oxygens (including phenoxy) is 1. The van der Waals surface area contributed by atoms with Gasteiger partial charge in [0.15, 0.2) is 5.65 Å². The van der Waals surface area contributed by atoms with Crippen LogP contribution in [0.2, 0.25) is 0 Å². The fourth-order valence-electron chi connectivity index (χ4n) is 4.66. The number of fused-ring (bicyclic) bond motifs is 1. The second kappa shape index (κ2) is 8.72. The molecule has 2 aromatic carbocycles. The predicted octanol–water partition coefficient (Wildman–Crippen LogP) is 5.61. The van der Waals surface area contributed by atoms with Crippen LogP contribution in [0.5, 0.6) is 11.5 Å². The fraction of sp³-hybridized carbons (Fsp3) is 0.370. The molecule has 4 aromatic rings. The highest BCUT2D eigenvalue weighted by atomic mass is 16.5. The molecule has 7 nitrogen and oxygen atoms in total. The summed E-state index contributed by atoms with van der Waals surface area (Å²) in [6.07, 6.45) is 3.59. The minimum atomic E-state index is 0.178. The summed E-state index contributed by atoms with van der Waals surface area (Å²) in [5.74, 6) is 2.04. The van der Waals surface area contributed by atoms with E-state index < -0.39 is 0 Å². The number of likely N-dealkylation sites (tertiary alicyclic amines) is 1. The maximum absolute atomic E-state index is 6.32. The molecule has 2 N–H and O–H groups in total. The molecule has 0 saturated carbocycles. The lowest BCUT2D eigenvalue weighted by molar-refractivity contribution is 0.0880. The van der Waals surface area contributed by atoms with Gasteiger partial charge in [0, 0.05) is 24.2 Å². The van der Waals surface area contributed by atoms with E-state index in [1.54, 1.807) is 0 Å². The van der Waals surface area contributed by atoms with Crippen LogP contribution in [0.3, 0.4) is 0 Å². The van der Waals surface area contributed by atoms with E-state index in [1.165, 1.54) is 11.9 Å². The van der Waals surface area contributed by atoms with Crippen molar-refractivity contribution in [3.05, 3.63) is 60.4 Å². The molecule has 5 rings (SSSR count). The lowest BCUT2D eigenvalue weighted by Gasteiger charge is -2.40. The molecule has 1 aliphatic heterocycles. The Morgan fingerprint density at radius 2 is 1.53 bits per heavy atom. The van der Waals surface area contributed by atoms with Gasteiger partial charge in [-0.1, -0.05) is 17.7 Å². The average Bonchev–Trinajstić information content (AvgIpc) is 3.22. The standard InChI is InChI=1S/C27H32N6O/c1-18-5-9-21(10-6-18)34-22-11-7-19(8-12-22)24-23-25(28)29-17-30-26(23)33(31-24)20-13-15-32(16-14-20)27(2,3)4/h5-12,17,20H,13-16H2,1-4H3,(H2,28,29,30). The van der Waals surface area contributed by atoms with Gasteiger partial charge in [0.2, 0.25) is 0 Å². The second-order valence-corrected chi connectivity index (χ2v) is 10.1. The highest BCUT2D eigenvalue weighted by molar-refractivity contribution is 5.98. The molecule has 7 heteroatoms. The zero-order valence-electron chi connectivity index (χ0n) is 20.3. The van der Waals surface area contributed by atoms with E-state index in [0.717, 1.165) is 59.7 Å². The number of anilines is 1. The Morgan fingerprint density at radius 1 is 0.912 bits per heavy atom. The van der Waals surface area contributed by atoms with Gasteiger partial charge in [-0.05, 0) is 76.9 Å². The summed E-state index contributed by atoms with van der Waals surface area (Å²) in [6, 6.07) is 16.3. The average molecular weight is 457 g/mol. The van der Waals surface area contributed by atoms with Gasteiger partial charge < -0.3 is 10.5 Å². The highest BCUT2D eigenvalue weighted by Gasteiger charge is 2.30. The van der Waals surface area contributed by atoms with Crippen LogP contribution < -0.4 is 10.5 Å². The Labute approximate surface area is 200 Å². The van der Waals surface area contributed by atoms with Crippen molar-refractivity contribution in [2.24, 2.45) is 0 Å². The number of nitrogens with two attached hydrogens (primary N) is 1. The molecule has 2 aromatic heterocycles. The van der Waals surface area contributed by atoms with Gasteiger partial charge in [-0.3, -0.25) is 4.90 Å². The number of aromatic nitrogens is 4. The lowest BCUT2D eigenvalue weighted by Crippen LogP contribution is -2.46. The van der Waals surface area contributed by atoms with Crippen LogP contribution in [-0.4, -0.2) is 43.3 Å². The van der Waals surface area contributed by atoms with Gasteiger partial charge in [-0.25, -0.2) is 14.6 Å². The number of rotatable bonds is 4. The molecule has 1 fully saturated rings. The van der Waals surface area contributed by atoms with Crippen LogP contribution >= 0.6 is 0 Å². The van der Waals surface area contributed by atoms with E-state index in [0.29, 0.717) is 5.82 Å². The largest absolute Gasteiger partial charge is 0.457 e. The van der Waals surface area contributed by atoms with Gasteiger partial charge in [0.1, 0.15) is 29.3 Å². The molecule has 3 heterocycles. The first-order chi connectivity index (χ1) is 16.3. The maximum Gasteiger partial charge on any atom is 0.164 e. The predicted molar refractivity (Wildman–Crippen MR) is 136 cm³/mol. The van der Waals surface area contributed by atoms with Crippen LogP contribution in [0.25, 0.3) is 22.3 Å². The van der Waals surface area contributed by atoms with Gasteiger partial charge in [-0.2, -0.15) is 5.10 Å². The summed E-state index contributed by atoms with van der Waals surface area (Å²) in [4.78, 5) is 11.4. The molecule has 0 spiro atoms. The first kappa shape index (κ1) is 22.3. The zero-order valence-corrected chi connectivity index (χ0v) is 20.3. The van der Waals surface area contributed by atoms with Crippen molar-refractivity contribution < 1.29 is 4.74 Å². The van der Waals surface area contributed by atoms with Gasteiger partial charge in [-0.15, -0.1) is 0 Å².